The van der Waals surface area contributed by atoms with Crippen molar-refractivity contribution in [2.24, 2.45) is 0 Å². The Labute approximate surface area is 190 Å². The fraction of sp³-hybridized carbons (Fsp3) is 0.240. The zero-order valence-corrected chi connectivity index (χ0v) is 18.8. The molecule has 3 aromatic rings. The first kappa shape index (κ1) is 21.9. The first-order valence-electron chi connectivity index (χ1n) is 10.5. The van der Waals surface area contributed by atoms with Gasteiger partial charge in [0.15, 0.2) is 5.13 Å². The molecular weight excluding hydrogens is 425 g/mol. The highest BCUT2D eigenvalue weighted by Crippen LogP contribution is 2.31. The van der Waals surface area contributed by atoms with E-state index in [9.17, 15) is 14.0 Å². The zero-order valence-electron chi connectivity index (χ0n) is 18.0. The summed E-state index contributed by atoms with van der Waals surface area (Å²) >= 11 is 1.22. The van der Waals surface area contributed by atoms with Gasteiger partial charge in [-0.3, -0.25) is 14.5 Å². The number of carbonyl (C=O) groups excluding carboxylic acids is 2. The Morgan fingerprint density at radius 3 is 2.53 bits per heavy atom. The molecule has 1 aromatic heterocycles. The van der Waals surface area contributed by atoms with E-state index in [0.29, 0.717) is 17.4 Å². The van der Waals surface area contributed by atoms with E-state index in [0.717, 1.165) is 18.4 Å². The van der Waals surface area contributed by atoms with Gasteiger partial charge in [-0.15, -0.1) is 11.3 Å². The SMILES string of the molecule is CC(=O)N(c1nc(/C=C/C(=O)N(Cc2ccc(C)cc2)C2CC2)cs1)c1ccccc1F. The summed E-state index contributed by atoms with van der Waals surface area (Å²) in [6.07, 6.45) is 5.20. The van der Waals surface area contributed by atoms with Crippen LogP contribution in [0.15, 0.2) is 60.0 Å². The number of rotatable bonds is 7. The number of amides is 2. The molecule has 32 heavy (non-hydrogen) atoms. The van der Waals surface area contributed by atoms with E-state index in [-0.39, 0.29) is 23.5 Å². The molecule has 4 rings (SSSR count). The smallest absolute Gasteiger partial charge is 0.247 e. The van der Waals surface area contributed by atoms with Gasteiger partial charge in [-0.25, -0.2) is 9.37 Å². The monoisotopic (exact) mass is 449 g/mol. The van der Waals surface area contributed by atoms with Gasteiger partial charge >= 0.3 is 0 Å². The maximum absolute atomic E-state index is 14.2. The van der Waals surface area contributed by atoms with E-state index in [1.165, 1.54) is 46.9 Å². The molecule has 1 saturated carbocycles. The summed E-state index contributed by atoms with van der Waals surface area (Å²) in [5.41, 5.74) is 2.99. The number of aryl methyl sites for hydroxylation is 1. The van der Waals surface area contributed by atoms with Crippen LogP contribution < -0.4 is 4.90 Å². The lowest BCUT2D eigenvalue weighted by Crippen LogP contribution is -2.31. The van der Waals surface area contributed by atoms with Crippen molar-refractivity contribution in [3.05, 3.63) is 82.6 Å². The van der Waals surface area contributed by atoms with Gasteiger partial charge in [0.05, 0.1) is 11.4 Å². The molecule has 2 aromatic carbocycles. The van der Waals surface area contributed by atoms with Crippen LogP contribution in [0.2, 0.25) is 0 Å². The van der Waals surface area contributed by atoms with Crippen molar-refractivity contribution in [3.8, 4) is 0 Å². The van der Waals surface area contributed by atoms with Crippen molar-refractivity contribution < 1.29 is 14.0 Å². The highest BCUT2D eigenvalue weighted by Gasteiger charge is 2.31. The molecule has 2 amide bonds. The molecule has 1 heterocycles. The van der Waals surface area contributed by atoms with E-state index in [1.54, 1.807) is 23.6 Å². The summed E-state index contributed by atoms with van der Waals surface area (Å²) in [5.74, 6) is -0.907. The van der Waals surface area contributed by atoms with Crippen LogP contribution in [0.5, 0.6) is 0 Å². The molecule has 0 unspecified atom stereocenters. The van der Waals surface area contributed by atoms with E-state index in [2.05, 4.69) is 4.98 Å². The number of thiazole rings is 1. The molecule has 1 aliphatic rings. The fourth-order valence-corrected chi connectivity index (χ4v) is 4.26. The minimum Gasteiger partial charge on any atom is -0.332 e. The summed E-state index contributed by atoms with van der Waals surface area (Å²) < 4.78 is 14.2. The number of aromatic nitrogens is 1. The number of para-hydroxylation sites is 1. The number of halogens is 1. The quantitative estimate of drug-likeness (QED) is 0.449. The molecule has 164 valence electrons. The Balaban J connectivity index is 1.49. The van der Waals surface area contributed by atoms with Crippen LogP contribution in [0.3, 0.4) is 0 Å². The maximum Gasteiger partial charge on any atom is 0.247 e. The topological polar surface area (TPSA) is 53.5 Å². The van der Waals surface area contributed by atoms with Crippen LogP contribution >= 0.6 is 11.3 Å². The van der Waals surface area contributed by atoms with Gasteiger partial charge in [0.2, 0.25) is 11.8 Å². The molecule has 1 fully saturated rings. The number of carbonyl (C=O) groups is 2. The van der Waals surface area contributed by atoms with Gasteiger partial charge < -0.3 is 4.90 Å². The highest BCUT2D eigenvalue weighted by atomic mass is 32.1. The highest BCUT2D eigenvalue weighted by molar-refractivity contribution is 7.14. The molecule has 0 spiro atoms. The molecule has 0 N–H and O–H groups in total. The van der Waals surface area contributed by atoms with Gasteiger partial charge in [0.1, 0.15) is 5.82 Å². The number of anilines is 2. The maximum atomic E-state index is 14.2. The average molecular weight is 450 g/mol. The van der Waals surface area contributed by atoms with Crippen molar-refractivity contribution in [1.82, 2.24) is 9.88 Å². The second-order valence-corrected chi connectivity index (χ2v) is 8.71. The molecule has 0 bridgehead atoms. The van der Waals surface area contributed by atoms with Crippen molar-refractivity contribution in [2.45, 2.75) is 39.3 Å². The summed E-state index contributed by atoms with van der Waals surface area (Å²) in [6, 6.07) is 14.6. The Morgan fingerprint density at radius 2 is 1.88 bits per heavy atom. The van der Waals surface area contributed by atoms with Crippen molar-refractivity contribution in [3.63, 3.8) is 0 Å². The first-order valence-corrected chi connectivity index (χ1v) is 11.4. The third kappa shape index (κ3) is 5.11. The van der Waals surface area contributed by atoms with Crippen LogP contribution in [-0.4, -0.2) is 27.7 Å². The third-order valence-corrected chi connectivity index (χ3v) is 6.09. The Bertz CT molecular complexity index is 1150. The first-order chi connectivity index (χ1) is 15.4. The van der Waals surface area contributed by atoms with Crippen molar-refractivity contribution >= 4 is 40.0 Å². The van der Waals surface area contributed by atoms with Crippen LogP contribution in [0.25, 0.3) is 6.08 Å². The molecule has 0 saturated heterocycles. The van der Waals surface area contributed by atoms with E-state index in [1.807, 2.05) is 36.1 Å². The van der Waals surface area contributed by atoms with Crippen LogP contribution in [0, 0.1) is 12.7 Å². The predicted octanol–water partition coefficient (Wildman–Crippen LogP) is 5.48. The summed E-state index contributed by atoms with van der Waals surface area (Å²) in [4.78, 5) is 32.6. The normalized spacial score (nSPS) is 13.3. The number of hydrogen-bond donors (Lipinski definition) is 0. The van der Waals surface area contributed by atoms with Gasteiger partial charge in [-0.05, 0) is 43.5 Å². The van der Waals surface area contributed by atoms with Crippen LogP contribution in [0.1, 0.15) is 36.6 Å². The number of benzene rings is 2. The van der Waals surface area contributed by atoms with Gasteiger partial charge in [0, 0.05) is 31.0 Å². The lowest BCUT2D eigenvalue weighted by molar-refractivity contribution is -0.127. The lowest BCUT2D eigenvalue weighted by Gasteiger charge is -2.21. The summed E-state index contributed by atoms with van der Waals surface area (Å²) in [5, 5.41) is 2.10. The number of hydrogen-bond acceptors (Lipinski definition) is 4. The van der Waals surface area contributed by atoms with Gasteiger partial charge in [0.25, 0.3) is 0 Å². The Hall–Kier alpha value is -3.32. The molecule has 0 radical (unpaired) electrons. The minimum atomic E-state index is -0.499. The molecule has 5 nitrogen and oxygen atoms in total. The fourth-order valence-electron chi connectivity index (χ4n) is 3.41. The van der Waals surface area contributed by atoms with Gasteiger partial charge in [-0.2, -0.15) is 0 Å². The van der Waals surface area contributed by atoms with Gasteiger partial charge in [-0.1, -0.05) is 42.0 Å². The van der Waals surface area contributed by atoms with E-state index < -0.39 is 5.82 Å². The standard InChI is InChI=1S/C25H24FN3O2S/c1-17-7-9-19(10-8-17)15-28(21-12-13-21)24(31)14-11-20-16-32-25(27-20)29(18(2)30)23-6-4-3-5-22(23)26/h3-11,14,16,21H,12-13,15H2,1-2H3/b14-11+. The lowest BCUT2D eigenvalue weighted by atomic mass is 10.1. The van der Waals surface area contributed by atoms with E-state index >= 15 is 0 Å². The van der Waals surface area contributed by atoms with Crippen LogP contribution in [-0.2, 0) is 16.1 Å². The zero-order chi connectivity index (χ0) is 22.7. The number of nitrogens with zero attached hydrogens (tertiary/aromatic N) is 3. The summed E-state index contributed by atoms with van der Waals surface area (Å²) in [7, 11) is 0. The van der Waals surface area contributed by atoms with Crippen LogP contribution in [0.4, 0.5) is 15.2 Å². The molecular formula is C25H24FN3O2S. The molecule has 0 aliphatic heterocycles. The van der Waals surface area contributed by atoms with Crippen molar-refractivity contribution in [2.75, 3.05) is 4.90 Å². The van der Waals surface area contributed by atoms with E-state index in [4.69, 9.17) is 0 Å². The minimum absolute atomic E-state index is 0.0693. The third-order valence-electron chi connectivity index (χ3n) is 5.25. The molecule has 1 aliphatic carbocycles. The average Bonchev–Trinajstić information content (AvgIpc) is 3.51. The molecule has 7 heteroatoms. The Morgan fingerprint density at radius 1 is 1.16 bits per heavy atom. The molecule has 0 atom stereocenters. The predicted molar refractivity (Wildman–Crippen MR) is 125 cm³/mol. The largest absolute Gasteiger partial charge is 0.332 e. The summed E-state index contributed by atoms with van der Waals surface area (Å²) in [6.45, 7) is 3.98. The second kappa shape index (κ2) is 9.44. The second-order valence-electron chi connectivity index (χ2n) is 7.88. The Kier molecular flexibility index (Phi) is 6.46. The van der Waals surface area contributed by atoms with Crippen molar-refractivity contribution in [1.29, 1.82) is 0 Å².